The molecule has 0 saturated carbocycles. The number of nitrogen functional groups attached to an aromatic ring is 1. The monoisotopic (exact) mass is 295 g/mol. The van der Waals surface area contributed by atoms with Gasteiger partial charge in [0.2, 0.25) is 5.28 Å². The molecule has 0 amide bonds. The van der Waals surface area contributed by atoms with E-state index in [1.807, 2.05) is 0 Å². The molecule has 0 saturated heterocycles. The third kappa shape index (κ3) is 3.24. The Morgan fingerprint density at radius 1 is 1.45 bits per heavy atom. The summed E-state index contributed by atoms with van der Waals surface area (Å²) in [5.41, 5.74) is 6.14. The van der Waals surface area contributed by atoms with Crippen LogP contribution in [0.5, 0.6) is 0 Å². The maximum Gasteiger partial charge on any atom is 0.435 e. The van der Waals surface area contributed by atoms with Crippen LogP contribution in [0, 0.1) is 0 Å². The average molecular weight is 296 g/mol. The molecular weight excluding hydrogens is 282 g/mol. The molecule has 0 radical (unpaired) electrons. The molecule has 2 aromatic rings. The molecule has 8 heteroatoms. The molecule has 2 N–H and O–H groups in total. The number of hydrogen-bond acceptors (Lipinski definition) is 6. The second-order valence-corrected chi connectivity index (χ2v) is 5.40. The van der Waals surface area contributed by atoms with E-state index in [-0.39, 0.29) is 11.1 Å². The van der Waals surface area contributed by atoms with E-state index in [1.54, 1.807) is 26.8 Å². The molecule has 0 atom stereocenters. The highest BCUT2D eigenvalue weighted by atomic mass is 35.5. The van der Waals surface area contributed by atoms with E-state index in [0.29, 0.717) is 11.3 Å². The zero-order valence-corrected chi connectivity index (χ0v) is 12.0. The van der Waals surface area contributed by atoms with Gasteiger partial charge < -0.3 is 10.5 Å². The van der Waals surface area contributed by atoms with Crippen LogP contribution in [0.1, 0.15) is 20.8 Å². The highest BCUT2D eigenvalue weighted by molar-refractivity contribution is 6.28. The third-order valence-corrected chi connectivity index (χ3v) is 2.41. The molecule has 7 nitrogen and oxygen atoms in total. The van der Waals surface area contributed by atoms with Gasteiger partial charge in [-0.05, 0) is 38.4 Å². The third-order valence-electron chi connectivity index (χ3n) is 2.23. The van der Waals surface area contributed by atoms with E-state index in [0.717, 1.165) is 4.68 Å². The Hall–Kier alpha value is -2.15. The summed E-state index contributed by atoms with van der Waals surface area (Å²) in [5.74, 6) is 0.158. The van der Waals surface area contributed by atoms with Gasteiger partial charge in [0.15, 0.2) is 5.82 Å². The largest absolute Gasteiger partial charge is 0.442 e. The smallest absolute Gasteiger partial charge is 0.435 e. The molecule has 0 aliphatic rings. The van der Waals surface area contributed by atoms with E-state index in [1.165, 1.54) is 12.4 Å². The SMILES string of the molecule is CC(C)(C)OC(=O)n1cc(-c2ccnc(Cl)n2)c(N)n1. The second-order valence-electron chi connectivity index (χ2n) is 5.06. The highest BCUT2D eigenvalue weighted by Gasteiger charge is 2.20. The molecule has 0 spiro atoms. The van der Waals surface area contributed by atoms with Gasteiger partial charge in [-0.25, -0.2) is 14.8 Å². The first-order valence-electron chi connectivity index (χ1n) is 5.84. The van der Waals surface area contributed by atoms with Crippen molar-refractivity contribution in [1.82, 2.24) is 19.7 Å². The fourth-order valence-electron chi connectivity index (χ4n) is 1.47. The van der Waals surface area contributed by atoms with Crippen molar-refractivity contribution < 1.29 is 9.53 Å². The van der Waals surface area contributed by atoms with Gasteiger partial charge in [-0.15, -0.1) is 5.10 Å². The Labute approximate surface area is 120 Å². The van der Waals surface area contributed by atoms with Crippen molar-refractivity contribution in [3.63, 3.8) is 0 Å². The van der Waals surface area contributed by atoms with Gasteiger partial charge in [-0.3, -0.25) is 0 Å². The van der Waals surface area contributed by atoms with E-state index < -0.39 is 11.7 Å². The number of aromatic nitrogens is 4. The molecule has 0 fully saturated rings. The molecule has 2 heterocycles. The Bertz CT molecular complexity index is 648. The maximum absolute atomic E-state index is 11.9. The number of nitrogens with two attached hydrogens (primary N) is 1. The van der Waals surface area contributed by atoms with E-state index in [4.69, 9.17) is 22.1 Å². The number of carbonyl (C=O) groups excluding carboxylic acids is 1. The summed E-state index contributed by atoms with van der Waals surface area (Å²) in [7, 11) is 0. The van der Waals surface area contributed by atoms with Crippen molar-refractivity contribution in [2.75, 3.05) is 5.73 Å². The average Bonchev–Trinajstić information content (AvgIpc) is 2.69. The number of halogens is 1. The van der Waals surface area contributed by atoms with Crippen LogP contribution >= 0.6 is 11.6 Å². The number of nitrogens with zero attached hydrogens (tertiary/aromatic N) is 4. The van der Waals surface area contributed by atoms with Gasteiger partial charge in [0.05, 0.1) is 11.3 Å². The van der Waals surface area contributed by atoms with Crippen molar-refractivity contribution in [3.05, 3.63) is 23.7 Å². The van der Waals surface area contributed by atoms with E-state index in [9.17, 15) is 4.79 Å². The molecule has 0 aliphatic carbocycles. The van der Waals surface area contributed by atoms with Crippen LogP contribution in [0.25, 0.3) is 11.3 Å². The van der Waals surface area contributed by atoms with Crippen LogP contribution in [0.4, 0.5) is 10.6 Å². The van der Waals surface area contributed by atoms with Gasteiger partial charge >= 0.3 is 6.09 Å². The van der Waals surface area contributed by atoms with Gasteiger partial charge in [-0.2, -0.15) is 4.68 Å². The van der Waals surface area contributed by atoms with Crippen LogP contribution < -0.4 is 5.73 Å². The normalized spacial score (nSPS) is 11.4. The topological polar surface area (TPSA) is 95.9 Å². The number of carbonyl (C=O) groups is 1. The van der Waals surface area contributed by atoms with Gasteiger partial charge in [0.1, 0.15) is 5.60 Å². The summed E-state index contributed by atoms with van der Waals surface area (Å²) >= 11 is 5.72. The van der Waals surface area contributed by atoms with Crippen LogP contribution in [0.2, 0.25) is 5.28 Å². The summed E-state index contributed by atoms with van der Waals surface area (Å²) in [6.07, 6.45) is 2.33. The summed E-state index contributed by atoms with van der Waals surface area (Å²) in [6, 6.07) is 1.62. The van der Waals surface area contributed by atoms with E-state index in [2.05, 4.69) is 15.1 Å². The van der Waals surface area contributed by atoms with Crippen molar-refractivity contribution >= 4 is 23.5 Å². The minimum atomic E-state index is -0.615. The lowest BCUT2D eigenvalue weighted by Gasteiger charge is -2.18. The Balaban J connectivity index is 2.33. The van der Waals surface area contributed by atoms with Gasteiger partial charge in [0, 0.05) is 12.4 Å². The first-order valence-corrected chi connectivity index (χ1v) is 6.21. The summed E-state index contributed by atoms with van der Waals surface area (Å²) in [4.78, 5) is 19.7. The lowest BCUT2D eigenvalue weighted by Crippen LogP contribution is -2.27. The molecule has 106 valence electrons. The number of ether oxygens (including phenoxy) is 1. The maximum atomic E-state index is 11.9. The minimum absolute atomic E-state index is 0.0897. The number of anilines is 1. The Morgan fingerprint density at radius 2 is 2.15 bits per heavy atom. The molecule has 2 aromatic heterocycles. The van der Waals surface area contributed by atoms with Crippen molar-refractivity contribution in [1.29, 1.82) is 0 Å². The quantitative estimate of drug-likeness (QED) is 0.811. The fourth-order valence-corrected chi connectivity index (χ4v) is 1.62. The Morgan fingerprint density at radius 3 is 2.75 bits per heavy atom. The first kappa shape index (κ1) is 14.3. The van der Waals surface area contributed by atoms with Crippen LogP contribution in [0.3, 0.4) is 0 Å². The zero-order chi connectivity index (χ0) is 14.9. The summed E-state index contributed by atoms with van der Waals surface area (Å²) in [6.45, 7) is 5.30. The lowest BCUT2D eigenvalue weighted by atomic mass is 10.2. The predicted octanol–water partition coefficient (Wildman–Crippen LogP) is 2.36. The van der Waals surface area contributed by atoms with Crippen molar-refractivity contribution in [2.45, 2.75) is 26.4 Å². The molecule has 0 aliphatic heterocycles. The highest BCUT2D eigenvalue weighted by Crippen LogP contribution is 2.23. The summed E-state index contributed by atoms with van der Waals surface area (Å²) < 4.78 is 6.23. The van der Waals surface area contributed by atoms with Crippen molar-refractivity contribution in [2.24, 2.45) is 0 Å². The van der Waals surface area contributed by atoms with E-state index >= 15 is 0 Å². The minimum Gasteiger partial charge on any atom is -0.442 e. The molecule has 0 bridgehead atoms. The van der Waals surface area contributed by atoms with Crippen LogP contribution in [0.15, 0.2) is 18.5 Å². The van der Waals surface area contributed by atoms with Crippen LogP contribution in [-0.4, -0.2) is 31.4 Å². The first-order chi connectivity index (χ1) is 9.26. The number of hydrogen-bond donors (Lipinski definition) is 1. The molecule has 0 unspecified atom stereocenters. The second kappa shape index (κ2) is 5.09. The van der Waals surface area contributed by atoms with Gasteiger partial charge in [-0.1, -0.05) is 0 Å². The standard InChI is InChI=1S/C12H14ClN5O2/c1-12(2,3)20-11(19)18-6-7(9(14)17-18)8-4-5-15-10(13)16-8/h4-6H,1-3H3,(H2,14,17). The molecular formula is C12H14ClN5O2. The summed E-state index contributed by atoms with van der Waals surface area (Å²) in [5, 5.41) is 4.01. The van der Waals surface area contributed by atoms with Gasteiger partial charge in [0.25, 0.3) is 0 Å². The number of rotatable bonds is 1. The predicted molar refractivity (Wildman–Crippen MR) is 74.3 cm³/mol. The van der Waals surface area contributed by atoms with Crippen molar-refractivity contribution in [3.8, 4) is 11.3 Å². The molecule has 0 aromatic carbocycles. The molecule has 2 rings (SSSR count). The fraction of sp³-hybridized carbons (Fsp3) is 0.333. The Kier molecular flexibility index (Phi) is 3.63. The lowest BCUT2D eigenvalue weighted by molar-refractivity contribution is 0.0515. The van der Waals surface area contributed by atoms with Crippen LogP contribution in [-0.2, 0) is 4.74 Å². The zero-order valence-electron chi connectivity index (χ0n) is 11.3. The molecule has 20 heavy (non-hydrogen) atoms.